The van der Waals surface area contributed by atoms with Crippen LogP contribution in [-0.2, 0) is 0 Å². The Hall–Kier alpha value is -2.47. The number of carboxylic acids is 1. The van der Waals surface area contributed by atoms with Gasteiger partial charge in [-0.05, 0) is 23.6 Å². The monoisotopic (exact) mass is 273 g/mol. The summed E-state index contributed by atoms with van der Waals surface area (Å²) in [5.41, 5.74) is 0.730. The number of benzene rings is 1. The molecule has 19 heavy (non-hydrogen) atoms. The average Bonchev–Trinajstić information content (AvgIpc) is 2.95. The van der Waals surface area contributed by atoms with E-state index in [-0.39, 0.29) is 10.6 Å². The highest BCUT2D eigenvalue weighted by molar-refractivity contribution is 7.12. The molecule has 1 aromatic carbocycles. The molecule has 1 aliphatic rings. The summed E-state index contributed by atoms with van der Waals surface area (Å²) < 4.78 is 0. The summed E-state index contributed by atoms with van der Waals surface area (Å²) in [4.78, 5) is 36.4. The maximum atomic E-state index is 12.2. The molecule has 94 valence electrons. The zero-order valence-electron chi connectivity index (χ0n) is 9.49. The minimum absolute atomic E-state index is 0.0190. The zero-order chi connectivity index (χ0) is 13.6. The average molecular weight is 273 g/mol. The van der Waals surface area contributed by atoms with E-state index in [4.69, 9.17) is 5.11 Å². The van der Waals surface area contributed by atoms with Gasteiger partial charge in [-0.3, -0.25) is 9.59 Å². The number of nitrogens with zero attached hydrogens (tertiary/aromatic N) is 1. The van der Waals surface area contributed by atoms with E-state index in [9.17, 15) is 14.4 Å². The number of carbonyl (C=O) groups excluding carboxylic acids is 2. The predicted molar refractivity (Wildman–Crippen MR) is 68.9 cm³/mol. The highest BCUT2D eigenvalue weighted by atomic mass is 32.1. The Morgan fingerprint density at radius 2 is 1.63 bits per heavy atom. The van der Waals surface area contributed by atoms with Crippen LogP contribution < -0.4 is 4.90 Å². The topological polar surface area (TPSA) is 74.7 Å². The van der Waals surface area contributed by atoms with Crippen LogP contribution in [0.15, 0.2) is 35.7 Å². The fraction of sp³-hybridized carbons (Fsp3) is 0. The summed E-state index contributed by atoms with van der Waals surface area (Å²) >= 11 is 0.982. The van der Waals surface area contributed by atoms with Crippen LogP contribution in [-0.4, -0.2) is 22.9 Å². The molecular formula is C13H7NO4S. The van der Waals surface area contributed by atoms with Gasteiger partial charge in [0.05, 0.1) is 16.8 Å². The first-order valence-electron chi connectivity index (χ1n) is 5.40. The molecule has 0 atom stereocenters. The van der Waals surface area contributed by atoms with Gasteiger partial charge in [0.2, 0.25) is 0 Å². The van der Waals surface area contributed by atoms with Crippen LogP contribution in [0.4, 0.5) is 5.69 Å². The number of hydrogen-bond acceptors (Lipinski definition) is 4. The molecule has 3 rings (SSSR count). The molecule has 2 aromatic rings. The summed E-state index contributed by atoms with van der Waals surface area (Å²) in [6.07, 6.45) is 0. The summed E-state index contributed by atoms with van der Waals surface area (Å²) in [6, 6.07) is 7.92. The van der Waals surface area contributed by atoms with Gasteiger partial charge in [0.25, 0.3) is 11.8 Å². The number of rotatable bonds is 2. The summed E-state index contributed by atoms with van der Waals surface area (Å²) in [7, 11) is 0. The highest BCUT2D eigenvalue weighted by Crippen LogP contribution is 2.33. The molecule has 2 heterocycles. The van der Waals surface area contributed by atoms with Crippen LogP contribution in [0.25, 0.3) is 0 Å². The lowest BCUT2D eigenvalue weighted by Crippen LogP contribution is -2.30. The Bertz CT molecular complexity index is 684. The summed E-state index contributed by atoms with van der Waals surface area (Å²) in [6.45, 7) is 0. The number of carbonyl (C=O) groups is 3. The van der Waals surface area contributed by atoms with Crippen LogP contribution in [0.3, 0.4) is 0 Å². The Morgan fingerprint density at radius 1 is 1.05 bits per heavy atom. The third-order valence-electron chi connectivity index (χ3n) is 2.87. The van der Waals surface area contributed by atoms with Crippen molar-refractivity contribution in [2.75, 3.05) is 4.90 Å². The van der Waals surface area contributed by atoms with Crippen LogP contribution in [0.1, 0.15) is 30.4 Å². The van der Waals surface area contributed by atoms with E-state index < -0.39 is 17.8 Å². The van der Waals surface area contributed by atoms with Gasteiger partial charge in [0.15, 0.2) is 0 Å². The van der Waals surface area contributed by atoms with Crippen molar-refractivity contribution >= 4 is 34.8 Å². The summed E-state index contributed by atoms with van der Waals surface area (Å²) in [5, 5.41) is 10.6. The van der Waals surface area contributed by atoms with Gasteiger partial charge >= 0.3 is 5.97 Å². The molecular weight excluding hydrogens is 266 g/mol. The molecule has 1 aliphatic heterocycles. The van der Waals surface area contributed by atoms with Gasteiger partial charge in [-0.1, -0.05) is 12.1 Å². The van der Waals surface area contributed by atoms with E-state index in [1.807, 2.05) is 0 Å². The highest BCUT2D eigenvalue weighted by Gasteiger charge is 2.38. The number of aromatic carboxylic acids is 1. The van der Waals surface area contributed by atoms with E-state index in [0.717, 1.165) is 16.2 Å². The second-order valence-corrected chi connectivity index (χ2v) is 4.85. The quantitative estimate of drug-likeness (QED) is 0.851. The standard InChI is InChI=1S/C13H7NO4S/c15-11-7-3-1-2-4-8(7)12(16)14(11)9-5-6-19-10(9)13(17)18/h1-6H,(H,17,18). The van der Waals surface area contributed by atoms with Gasteiger partial charge < -0.3 is 5.11 Å². The molecule has 1 aromatic heterocycles. The maximum absolute atomic E-state index is 12.2. The van der Waals surface area contributed by atoms with Crippen molar-refractivity contribution in [3.05, 3.63) is 51.7 Å². The predicted octanol–water partition coefficient (Wildman–Crippen LogP) is 2.25. The molecule has 0 saturated heterocycles. The lowest BCUT2D eigenvalue weighted by Gasteiger charge is -2.12. The van der Waals surface area contributed by atoms with Gasteiger partial charge in [0, 0.05) is 0 Å². The fourth-order valence-electron chi connectivity index (χ4n) is 2.05. The van der Waals surface area contributed by atoms with E-state index >= 15 is 0 Å². The number of carboxylic acid groups (broad SMARTS) is 1. The smallest absolute Gasteiger partial charge is 0.348 e. The number of anilines is 1. The third-order valence-corrected chi connectivity index (χ3v) is 3.77. The van der Waals surface area contributed by atoms with Crippen molar-refractivity contribution in [1.82, 2.24) is 0 Å². The van der Waals surface area contributed by atoms with Gasteiger partial charge in [-0.25, -0.2) is 9.69 Å². The fourth-order valence-corrected chi connectivity index (χ4v) is 2.76. The minimum Gasteiger partial charge on any atom is -0.477 e. The van der Waals surface area contributed by atoms with Crippen molar-refractivity contribution < 1.29 is 19.5 Å². The van der Waals surface area contributed by atoms with Crippen LogP contribution in [0, 0.1) is 0 Å². The lowest BCUT2D eigenvalue weighted by molar-refractivity contribution is 0.0703. The molecule has 0 bridgehead atoms. The second kappa shape index (κ2) is 4.03. The van der Waals surface area contributed by atoms with Gasteiger partial charge in [-0.15, -0.1) is 11.3 Å². The maximum Gasteiger partial charge on any atom is 0.348 e. The molecule has 1 N–H and O–H groups in total. The van der Waals surface area contributed by atoms with Crippen LogP contribution in [0.2, 0.25) is 0 Å². The first kappa shape index (κ1) is 11.6. The van der Waals surface area contributed by atoms with Gasteiger partial charge in [-0.2, -0.15) is 0 Å². The van der Waals surface area contributed by atoms with Crippen LogP contribution >= 0.6 is 11.3 Å². The van der Waals surface area contributed by atoms with Crippen molar-refractivity contribution in [1.29, 1.82) is 0 Å². The first-order valence-corrected chi connectivity index (χ1v) is 6.28. The molecule has 0 fully saturated rings. The van der Waals surface area contributed by atoms with Crippen molar-refractivity contribution in [2.24, 2.45) is 0 Å². The second-order valence-electron chi connectivity index (χ2n) is 3.93. The molecule has 0 aliphatic carbocycles. The van der Waals surface area contributed by atoms with Gasteiger partial charge in [0.1, 0.15) is 4.88 Å². The molecule has 0 unspecified atom stereocenters. The van der Waals surface area contributed by atoms with E-state index in [1.165, 1.54) is 6.07 Å². The van der Waals surface area contributed by atoms with Crippen LogP contribution in [0.5, 0.6) is 0 Å². The van der Waals surface area contributed by atoms with Crippen molar-refractivity contribution in [3.8, 4) is 0 Å². The molecule has 2 amide bonds. The van der Waals surface area contributed by atoms with E-state index in [2.05, 4.69) is 0 Å². The number of thiophene rings is 1. The third kappa shape index (κ3) is 1.57. The zero-order valence-corrected chi connectivity index (χ0v) is 10.3. The lowest BCUT2D eigenvalue weighted by atomic mass is 10.1. The minimum atomic E-state index is -1.15. The molecule has 6 heteroatoms. The number of hydrogen-bond donors (Lipinski definition) is 1. The Kier molecular flexibility index (Phi) is 2.46. The molecule has 5 nitrogen and oxygen atoms in total. The van der Waals surface area contributed by atoms with Crippen molar-refractivity contribution in [3.63, 3.8) is 0 Å². The first-order chi connectivity index (χ1) is 9.11. The normalized spacial score (nSPS) is 13.8. The number of amides is 2. The Labute approximate surface area is 111 Å². The Morgan fingerprint density at radius 3 is 2.16 bits per heavy atom. The van der Waals surface area contributed by atoms with E-state index in [1.54, 1.807) is 29.6 Å². The number of imide groups is 1. The SMILES string of the molecule is O=C(O)c1sccc1N1C(=O)c2ccccc2C1=O. The summed E-state index contributed by atoms with van der Waals surface area (Å²) in [5.74, 6) is -2.12. The largest absolute Gasteiger partial charge is 0.477 e. The van der Waals surface area contributed by atoms with Crippen molar-refractivity contribution in [2.45, 2.75) is 0 Å². The number of fused-ring (bicyclic) bond motifs is 1. The molecule has 0 radical (unpaired) electrons. The Balaban J connectivity index is 2.14. The molecule has 0 spiro atoms. The van der Waals surface area contributed by atoms with E-state index in [0.29, 0.717) is 11.1 Å². The molecule has 0 saturated carbocycles.